The number of amides is 3. The lowest BCUT2D eigenvalue weighted by Gasteiger charge is -2.12. The van der Waals surface area contributed by atoms with Gasteiger partial charge in [0.25, 0.3) is 0 Å². The average Bonchev–Trinajstić information content (AvgIpc) is 3.26. The number of nitrogens with one attached hydrogen (secondary N) is 3. The van der Waals surface area contributed by atoms with Crippen LogP contribution in [-0.2, 0) is 15.7 Å². The number of aromatic nitrogens is 1. The Morgan fingerprint density at radius 1 is 1.10 bits per heavy atom. The van der Waals surface area contributed by atoms with Gasteiger partial charge in [-0.05, 0) is 49.2 Å². The fourth-order valence-corrected chi connectivity index (χ4v) is 3.44. The van der Waals surface area contributed by atoms with E-state index in [1.807, 2.05) is 0 Å². The number of pyridine rings is 1. The van der Waals surface area contributed by atoms with Crippen LogP contribution in [0.2, 0.25) is 0 Å². The highest BCUT2D eigenvalue weighted by Gasteiger charge is 2.30. The molecule has 2 aromatic rings. The zero-order chi connectivity index (χ0) is 22.3. The van der Waals surface area contributed by atoms with Gasteiger partial charge in [-0.3, -0.25) is 4.79 Å². The highest BCUT2D eigenvalue weighted by molar-refractivity contribution is 7.99. The Bertz CT molecular complexity index is 886. The number of nitrogens with zero attached hydrogens (tertiary/aromatic N) is 1. The zero-order valence-corrected chi connectivity index (χ0v) is 17.2. The van der Waals surface area contributed by atoms with Gasteiger partial charge in [-0.15, -0.1) is 0 Å². The van der Waals surface area contributed by atoms with Crippen molar-refractivity contribution in [3.8, 4) is 0 Å². The van der Waals surface area contributed by atoms with E-state index in [1.54, 1.807) is 24.3 Å². The van der Waals surface area contributed by atoms with Gasteiger partial charge in [0.05, 0.1) is 22.4 Å². The van der Waals surface area contributed by atoms with Crippen LogP contribution in [0.5, 0.6) is 0 Å². The summed E-state index contributed by atoms with van der Waals surface area (Å²) < 4.78 is 43.0. The number of alkyl halides is 3. The fraction of sp³-hybridized carbons (Fsp3) is 0.350. The van der Waals surface area contributed by atoms with Crippen molar-refractivity contribution in [2.75, 3.05) is 29.5 Å². The number of hydrogen-bond acceptors (Lipinski definition) is 5. The van der Waals surface area contributed by atoms with Crippen LogP contribution < -0.4 is 16.0 Å². The molecule has 3 rings (SSSR count). The van der Waals surface area contributed by atoms with Crippen LogP contribution in [-0.4, -0.2) is 41.9 Å². The van der Waals surface area contributed by atoms with Crippen molar-refractivity contribution >= 4 is 35.1 Å². The third-order valence-electron chi connectivity index (χ3n) is 4.36. The Hall–Kier alpha value is -2.79. The normalized spacial score (nSPS) is 16.0. The van der Waals surface area contributed by atoms with Crippen molar-refractivity contribution in [2.45, 2.75) is 30.1 Å². The van der Waals surface area contributed by atoms with Gasteiger partial charge in [-0.25, -0.2) is 9.78 Å². The molecule has 0 saturated carbocycles. The molecule has 166 valence electrons. The first-order valence-electron chi connectivity index (χ1n) is 9.52. The maximum Gasteiger partial charge on any atom is 0.417 e. The standard InChI is InChI=1S/C20H21F3N4O3S/c21-20(22,23)13-3-8-18(24-10-13)31-12-17(28)26-14-4-6-15(7-5-14)27-19(29)25-11-16-2-1-9-30-16/h3-8,10,16H,1-2,9,11-12H2,(H,26,28)(H2,25,27,29). The van der Waals surface area contributed by atoms with Gasteiger partial charge >= 0.3 is 12.2 Å². The molecule has 1 aliphatic rings. The third kappa shape index (κ3) is 7.44. The molecule has 2 heterocycles. The molecule has 0 aliphatic carbocycles. The second kappa shape index (κ2) is 10.5. The number of carbonyl (C=O) groups is 2. The van der Waals surface area contributed by atoms with E-state index in [-0.39, 0.29) is 23.8 Å². The molecule has 1 atom stereocenters. The second-order valence-corrected chi connectivity index (χ2v) is 7.76. The van der Waals surface area contributed by atoms with Crippen molar-refractivity contribution in [1.29, 1.82) is 0 Å². The summed E-state index contributed by atoms with van der Waals surface area (Å²) in [7, 11) is 0. The number of urea groups is 1. The topological polar surface area (TPSA) is 92.4 Å². The molecule has 31 heavy (non-hydrogen) atoms. The van der Waals surface area contributed by atoms with Crippen molar-refractivity contribution in [1.82, 2.24) is 10.3 Å². The number of ether oxygens (including phenoxy) is 1. The van der Waals surface area contributed by atoms with Crippen LogP contribution in [0, 0.1) is 0 Å². The minimum atomic E-state index is -4.44. The first-order chi connectivity index (χ1) is 14.8. The minimum absolute atomic E-state index is 0.00991. The van der Waals surface area contributed by atoms with E-state index in [9.17, 15) is 22.8 Å². The van der Waals surface area contributed by atoms with Crippen LogP contribution in [0.25, 0.3) is 0 Å². The van der Waals surface area contributed by atoms with E-state index in [4.69, 9.17) is 4.74 Å². The second-order valence-electron chi connectivity index (χ2n) is 6.77. The third-order valence-corrected chi connectivity index (χ3v) is 5.30. The van der Waals surface area contributed by atoms with E-state index < -0.39 is 11.7 Å². The van der Waals surface area contributed by atoms with Gasteiger partial charge in [0.1, 0.15) is 0 Å². The predicted molar refractivity (Wildman–Crippen MR) is 111 cm³/mol. The van der Waals surface area contributed by atoms with Crippen molar-refractivity contribution < 1.29 is 27.5 Å². The highest BCUT2D eigenvalue weighted by Crippen LogP contribution is 2.29. The van der Waals surface area contributed by atoms with Gasteiger partial charge in [0, 0.05) is 30.7 Å². The van der Waals surface area contributed by atoms with Gasteiger partial charge < -0.3 is 20.7 Å². The summed E-state index contributed by atoms with van der Waals surface area (Å²) in [5.41, 5.74) is 0.248. The maximum atomic E-state index is 12.5. The number of hydrogen-bond donors (Lipinski definition) is 3. The van der Waals surface area contributed by atoms with Crippen LogP contribution in [0.4, 0.5) is 29.3 Å². The molecule has 1 saturated heterocycles. The lowest BCUT2D eigenvalue weighted by molar-refractivity contribution is -0.137. The van der Waals surface area contributed by atoms with Crippen LogP contribution in [0.3, 0.4) is 0 Å². The molecule has 0 bridgehead atoms. The van der Waals surface area contributed by atoms with E-state index in [0.29, 0.717) is 22.9 Å². The molecule has 0 spiro atoms. The van der Waals surface area contributed by atoms with Gasteiger partial charge in [0.15, 0.2) is 0 Å². The molecule has 3 amide bonds. The Morgan fingerprint density at radius 3 is 2.39 bits per heavy atom. The molecule has 7 nitrogen and oxygen atoms in total. The molecule has 0 radical (unpaired) electrons. The molecule has 3 N–H and O–H groups in total. The van der Waals surface area contributed by atoms with Crippen LogP contribution in [0.1, 0.15) is 18.4 Å². The van der Waals surface area contributed by atoms with Crippen molar-refractivity contribution in [3.63, 3.8) is 0 Å². The monoisotopic (exact) mass is 454 g/mol. The van der Waals surface area contributed by atoms with Gasteiger partial charge in [0.2, 0.25) is 5.91 Å². The molecule has 1 aromatic heterocycles. The summed E-state index contributed by atoms with van der Waals surface area (Å²) in [6.45, 7) is 1.17. The van der Waals surface area contributed by atoms with E-state index in [2.05, 4.69) is 20.9 Å². The van der Waals surface area contributed by atoms with E-state index in [0.717, 1.165) is 43.5 Å². The highest BCUT2D eigenvalue weighted by atomic mass is 32.2. The first kappa shape index (κ1) is 22.9. The number of benzene rings is 1. The summed E-state index contributed by atoms with van der Waals surface area (Å²) in [6, 6.07) is 8.37. The van der Waals surface area contributed by atoms with Gasteiger partial charge in [-0.2, -0.15) is 13.2 Å². The predicted octanol–water partition coefficient (Wildman–Crippen LogP) is 4.13. The van der Waals surface area contributed by atoms with Crippen molar-refractivity contribution in [2.24, 2.45) is 0 Å². The zero-order valence-electron chi connectivity index (χ0n) is 16.4. The number of halogens is 3. The fourth-order valence-electron chi connectivity index (χ4n) is 2.79. The summed E-state index contributed by atoms with van der Waals surface area (Å²) in [5.74, 6) is -0.342. The molecule has 1 fully saturated rings. The molecule has 1 unspecified atom stereocenters. The lowest BCUT2D eigenvalue weighted by Crippen LogP contribution is -2.35. The average molecular weight is 454 g/mol. The summed E-state index contributed by atoms with van der Waals surface area (Å²) >= 11 is 1.03. The number of anilines is 2. The maximum absolute atomic E-state index is 12.5. The molecular weight excluding hydrogens is 433 g/mol. The van der Waals surface area contributed by atoms with Crippen molar-refractivity contribution in [3.05, 3.63) is 48.2 Å². The lowest BCUT2D eigenvalue weighted by atomic mass is 10.2. The molecular formula is C20H21F3N4O3S. The molecule has 1 aliphatic heterocycles. The Balaban J connectivity index is 1.40. The SMILES string of the molecule is O=C(CSc1ccc(C(F)(F)F)cn1)Nc1ccc(NC(=O)NCC2CCCO2)cc1. The Labute approximate surface area is 181 Å². The van der Waals surface area contributed by atoms with Crippen LogP contribution in [0.15, 0.2) is 47.6 Å². The minimum Gasteiger partial charge on any atom is -0.376 e. The van der Waals surface area contributed by atoms with E-state index >= 15 is 0 Å². The smallest absolute Gasteiger partial charge is 0.376 e. The van der Waals surface area contributed by atoms with Gasteiger partial charge in [-0.1, -0.05) is 11.8 Å². The summed E-state index contributed by atoms with van der Waals surface area (Å²) in [4.78, 5) is 27.7. The first-order valence-corrected chi connectivity index (χ1v) is 10.5. The summed E-state index contributed by atoms with van der Waals surface area (Å²) in [5, 5.41) is 8.44. The molecule has 11 heteroatoms. The number of carbonyl (C=O) groups excluding carboxylic acids is 2. The quantitative estimate of drug-likeness (QED) is 0.547. The van der Waals surface area contributed by atoms with E-state index in [1.165, 1.54) is 6.07 Å². The number of rotatable bonds is 7. The Kier molecular flexibility index (Phi) is 7.75. The Morgan fingerprint density at radius 2 is 1.81 bits per heavy atom. The molecule has 1 aromatic carbocycles. The van der Waals surface area contributed by atoms with Crippen LogP contribution >= 0.6 is 11.8 Å². The number of thioether (sulfide) groups is 1. The summed E-state index contributed by atoms with van der Waals surface area (Å²) in [6.07, 6.45) is -1.72. The largest absolute Gasteiger partial charge is 0.417 e.